The second kappa shape index (κ2) is 6.57. The van der Waals surface area contributed by atoms with Crippen molar-refractivity contribution in [3.8, 4) is 5.75 Å². The molecular formula is C15H14BrClFNO. The summed E-state index contributed by atoms with van der Waals surface area (Å²) in [5, 5.41) is 0.116. The number of halogens is 3. The van der Waals surface area contributed by atoms with Crippen molar-refractivity contribution in [1.29, 1.82) is 0 Å². The zero-order valence-electron chi connectivity index (χ0n) is 10.9. The van der Waals surface area contributed by atoms with Crippen LogP contribution in [0.5, 0.6) is 5.75 Å². The number of methoxy groups -OCH3 is 1. The maximum Gasteiger partial charge on any atom is 0.142 e. The number of hydrogen-bond donors (Lipinski definition) is 1. The Hall–Kier alpha value is -1.10. The largest absolute Gasteiger partial charge is 0.497 e. The van der Waals surface area contributed by atoms with E-state index in [1.807, 2.05) is 18.2 Å². The first-order chi connectivity index (χ1) is 9.51. The van der Waals surface area contributed by atoms with E-state index in [1.165, 1.54) is 6.07 Å². The highest BCUT2D eigenvalue weighted by Gasteiger charge is 2.13. The molecule has 0 aliphatic rings. The van der Waals surface area contributed by atoms with Crippen molar-refractivity contribution in [1.82, 2.24) is 0 Å². The lowest BCUT2D eigenvalue weighted by Gasteiger charge is -2.15. The fourth-order valence-corrected chi connectivity index (χ4v) is 2.62. The third-order valence-electron chi connectivity index (χ3n) is 3.04. The molecular weight excluding hydrogens is 345 g/mol. The van der Waals surface area contributed by atoms with Gasteiger partial charge in [-0.2, -0.15) is 0 Å². The second-order valence-corrected chi connectivity index (χ2v) is 5.71. The number of hydrogen-bond acceptors (Lipinski definition) is 2. The molecule has 2 aromatic carbocycles. The molecule has 0 radical (unpaired) electrons. The average Bonchev–Trinajstić information content (AvgIpc) is 2.43. The SMILES string of the molecule is COc1ccc(Br)c(C(N)Cc2ccc(Cl)c(F)c2)c1. The van der Waals surface area contributed by atoms with Gasteiger partial charge >= 0.3 is 0 Å². The lowest BCUT2D eigenvalue weighted by atomic mass is 9.99. The molecule has 2 rings (SSSR count). The molecule has 2 nitrogen and oxygen atoms in total. The molecule has 2 N–H and O–H groups in total. The van der Waals surface area contributed by atoms with E-state index in [2.05, 4.69) is 15.9 Å². The molecule has 0 fully saturated rings. The summed E-state index contributed by atoms with van der Waals surface area (Å²) in [5.41, 5.74) is 7.92. The van der Waals surface area contributed by atoms with Gasteiger partial charge in [-0.1, -0.05) is 33.6 Å². The molecule has 0 amide bonds. The third kappa shape index (κ3) is 3.51. The average molecular weight is 359 g/mol. The first kappa shape index (κ1) is 15.3. The molecule has 0 aliphatic carbocycles. The molecule has 106 valence electrons. The van der Waals surface area contributed by atoms with E-state index in [-0.39, 0.29) is 11.1 Å². The van der Waals surface area contributed by atoms with Crippen molar-refractivity contribution >= 4 is 27.5 Å². The first-order valence-corrected chi connectivity index (χ1v) is 7.21. The molecule has 0 saturated carbocycles. The van der Waals surface area contributed by atoms with E-state index in [1.54, 1.807) is 19.2 Å². The van der Waals surface area contributed by atoms with E-state index in [0.29, 0.717) is 6.42 Å². The van der Waals surface area contributed by atoms with Gasteiger partial charge in [0.05, 0.1) is 12.1 Å². The van der Waals surface area contributed by atoms with Gasteiger partial charge in [-0.3, -0.25) is 0 Å². The Morgan fingerprint density at radius 1 is 1.30 bits per heavy atom. The summed E-state index contributed by atoms with van der Waals surface area (Å²) in [5.74, 6) is 0.307. The summed E-state index contributed by atoms with van der Waals surface area (Å²) in [4.78, 5) is 0. The molecule has 20 heavy (non-hydrogen) atoms. The van der Waals surface area contributed by atoms with Gasteiger partial charge in [-0.15, -0.1) is 0 Å². The Morgan fingerprint density at radius 2 is 2.05 bits per heavy atom. The molecule has 5 heteroatoms. The minimum absolute atomic E-state index is 0.116. The fourth-order valence-electron chi connectivity index (χ4n) is 1.96. The van der Waals surface area contributed by atoms with Crippen LogP contribution in [0.3, 0.4) is 0 Å². The van der Waals surface area contributed by atoms with Gasteiger partial charge in [0.2, 0.25) is 0 Å². The van der Waals surface area contributed by atoms with Gasteiger partial charge in [-0.05, 0) is 47.9 Å². The van der Waals surface area contributed by atoms with E-state index in [9.17, 15) is 4.39 Å². The predicted molar refractivity (Wildman–Crippen MR) is 82.7 cm³/mol. The van der Waals surface area contributed by atoms with Gasteiger partial charge in [0.25, 0.3) is 0 Å². The zero-order valence-corrected chi connectivity index (χ0v) is 13.2. The highest BCUT2D eigenvalue weighted by molar-refractivity contribution is 9.10. The summed E-state index contributed by atoms with van der Waals surface area (Å²) in [6, 6.07) is 10.1. The molecule has 0 spiro atoms. The Labute approximate surface area is 130 Å². The molecule has 1 atom stereocenters. The van der Waals surface area contributed by atoms with E-state index in [4.69, 9.17) is 22.1 Å². The quantitative estimate of drug-likeness (QED) is 0.874. The van der Waals surface area contributed by atoms with Crippen molar-refractivity contribution in [2.45, 2.75) is 12.5 Å². The maximum atomic E-state index is 13.4. The minimum atomic E-state index is -0.430. The van der Waals surface area contributed by atoms with Crippen LogP contribution >= 0.6 is 27.5 Å². The monoisotopic (exact) mass is 357 g/mol. The Bertz CT molecular complexity index is 621. The van der Waals surface area contributed by atoms with Gasteiger partial charge in [-0.25, -0.2) is 4.39 Å². The van der Waals surface area contributed by atoms with E-state index in [0.717, 1.165) is 21.3 Å². The lowest BCUT2D eigenvalue weighted by molar-refractivity contribution is 0.413. The van der Waals surface area contributed by atoms with E-state index < -0.39 is 5.82 Å². The van der Waals surface area contributed by atoms with Crippen molar-refractivity contribution in [2.75, 3.05) is 7.11 Å². The molecule has 0 bridgehead atoms. The van der Waals surface area contributed by atoms with Crippen LogP contribution in [-0.4, -0.2) is 7.11 Å². The highest BCUT2D eigenvalue weighted by atomic mass is 79.9. The van der Waals surface area contributed by atoms with Gasteiger partial charge < -0.3 is 10.5 Å². The van der Waals surface area contributed by atoms with Crippen LogP contribution in [-0.2, 0) is 6.42 Å². The number of nitrogens with two attached hydrogens (primary N) is 1. The lowest BCUT2D eigenvalue weighted by Crippen LogP contribution is -2.14. The van der Waals surface area contributed by atoms with Crippen LogP contribution in [0.25, 0.3) is 0 Å². The van der Waals surface area contributed by atoms with Gasteiger partial charge in [0.15, 0.2) is 0 Å². The van der Waals surface area contributed by atoms with Crippen LogP contribution < -0.4 is 10.5 Å². The summed E-state index contributed by atoms with van der Waals surface area (Å²) < 4.78 is 19.5. The van der Waals surface area contributed by atoms with Crippen LogP contribution in [0, 0.1) is 5.82 Å². The van der Waals surface area contributed by atoms with E-state index >= 15 is 0 Å². The summed E-state index contributed by atoms with van der Waals surface area (Å²) in [6.45, 7) is 0. The summed E-state index contributed by atoms with van der Waals surface area (Å²) >= 11 is 9.14. The molecule has 1 unspecified atom stereocenters. The molecule has 2 aromatic rings. The molecule has 0 aliphatic heterocycles. The topological polar surface area (TPSA) is 35.2 Å². The second-order valence-electron chi connectivity index (χ2n) is 4.45. The predicted octanol–water partition coefficient (Wildman–Crippen LogP) is 4.49. The number of benzene rings is 2. The Kier molecular flexibility index (Phi) is 5.02. The Balaban J connectivity index is 2.23. The summed E-state index contributed by atoms with van der Waals surface area (Å²) in [7, 11) is 1.60. The van der Waals surface area contributed by atoms with Crippen molar-refractivity contribution in [3.05, 3.63) is 62.8 Å². The van der Waals surface area contributed by atoms with Crippen molar-refractivity contribution in [3.63, 3.8) is 0 Å². The third-order valence-corrected chi connectivity index (χ3v) is 4.07. The van der Waals surface area contributed by atoms with Crippen molar-refractivity contribution in [2.24, 2.45) is 5.73 Å². The van der Waals surface area contributed by atoms with Crippen molar-refractivity contribution < 1.29 is 9.13 Å². The minimum Gasteiger partial charge on any atom is -0.497 e. The Morgan fingerprint density at radius 3 is 2.70 bits per heavy atom. The first-order valence-electron chi connectivity index (χ1n) is 6.04. The highest BCUT2D eigenvalue weighted by Crippen LogP contribution is 2.29. The smallest absolute Gasteiger partial charge is 0.142 e. The number of rotatable bonds is 4. The molecule has 0 heterocycles. The van der Waals surface area contributed by atoms with Crippen LogP contribution in [0.4, 0.5) is 4.39 Å². The maximum absolute atomic E-state index is 13.4. The summed E-state index contributed by atoms with van der Waals surface area (Å²) in [6.07, 6.45) is 0.514. The molecule has 0 saturated heterocycles. The fraction of sp³-hybridized carbons (Fsp3) is 0.200. The van der Waals surface area contributed by atoms with Crippen LogP contribution in [0.2, 0.25) is 5.02 Å². The zero-order chi connectivity index (χ0) is 14.7. The van der Waals surface area contributed by atoms with Crippen LogP contribution in [0.1, 0.15) is 17.2 Å². The van der Waals surface area contributed by atoms with Gasteiger partial charge in [0, 0.05) is 10.5 Å². The van der Waals surface area contributed by atoms with Gasteiger partial charge in [0.1, 0.15) is 11.6 Å². The number of ether oxygens (including phenoxy) is 1. The normalized spacial score (nSPS) is 12.2. The van der Waals surface area contributed by atoms with Crippen LogP contribution in [0.15, 0.2) is 40.9 Å². The molecule has 0 aromatic heterocycles. The standard InChI is InChI=1S/C15H14BrClFNO/c1-20-10-3-4-12(16)11(8-10)15(19)7-9-2-5-13(17)14(18)6-9/h2-6,8,15H,7,19H2,1H3.